The molecule has 0 aliphatic heterocycles. The topological polar surface area (TPSA) is 69.6 Å². The fourth-order valence-corrected chi connectivity index (χ4v) is 3.80. The molecule has 0 unspecified atom stereocenters. The molecule has 136 valence electrons. The Balaban J connectivity index is 1.85. The molecule has 0 spiro atoms. The zero-order chi connectivity index (χ0) is 19.1. The lowest BCUT2D eigenvalue weighted by Crippen LogP contribution is -2.08. The first-order chi connectivity index (χ1) is 13.7. The van der Waals surface area contributed by atoms with Gasteiger partial charge in [0.05, 0.1) is 16.9 Å². The Kier molecular flexibility index (Phi) is 3.79. The molecule has 0 amide bonds. The van der Waals surface area contributed by atoms with Crippen LogP contribution in [0.4, 0.5) is 5.82 Å². The van der Waals surface area contributed by atoms with Gasteiger partial charge in [0.2, 0.25) is 0 Å². The van der Waals surface area contributed by atoms with Crippen LogP contribution in [0.2, 0.25) is 0 Å². The molecule has 2 N–H and O–H groups in total. The molecule has 0 saturated carbocycles. The van der Waals surface area contributed by atoms with Crippen LogP contribution in [0.25, 0.3) is 33.3 Å². The van der Waals surface area contributed by atoms with Crippen LogP contribution in [0.3, 0.4) is 0 Å². The lowest BCUT2D eigenvalue weighted by Gasteiger charge is -2.17. The molecule has 0 bridgehead atoms. The molecule has 5 aromatic rings. The normalized spacial score (nSPS) is 12.5. The molecule has 3 heterocycles. The van der Waals surface area contributed by atoms with Gasteiger partial charge < -0.3 is 10.3 Å². The van der Waals surface area contributed by atoms with Gasteiger partial charge in [0.15, 0.2) is 5.82 Å². The van der Waals surface area contributed by atoms with Crippen molar-refractivity contribution >= 4 is 27.8 Å². The Morgan fingerprint density at radius 3 is 2.46 bits per heavy atom. The summed E-state index contributed by atoms with van der Waals surface area (Å²) in [7, 11) is 0. The highest BCUT2D eigenvalue weighted by molar-refractivity contribution is 6.11. The maximum Gasteiger partial charge on any atom is 0.165 e. The van der Waals surface area contributed by atoms with E-state index in [1.165, 1.54) is 5.56 Å². The van der Waals surface area contributed by atoms with Crippen LogP contribution in [0.15, 0.2) is 79.1 Å². The molecule has 0 aliphatic rings. The number of hydrogen-bond acceptors (Lipinski definition) is 4. The second kappa shape index (κ2) is 6.46. The monoisotopic (exact) mass is 365 g/mol. The van der Waals surface area contributed by atoms with Gasteiger partial charge in [-0.3, -0.25) is 4.98 Å². The zero-order valence-electron chi connectivity index (χ0n) is 15.4. The van der Waals surface area contributed by atoms with Crippen LogP contribution >= 0.6 is 0 Å². The van der Waals surface area contributed by atoms with E-state index in [2.05, 4.69) is 57.9 Å². The van der Waals surface area contributed by atoms with E-state index < -0.39 is 0 Å². The third kappa shape index (κ3) is 2.52. The molecule has 2 aromatic carbocycles. The number of hydrogen-bond donors (Lipinski definition) is 1. The molecule has 0 fully saturated rings. The summed E-state index contributed by atoms with van der Waals surface area (Å²) < 4.78 is 2.25. The van der Waals surface area contributed by atoms with E-state index in [9.17, 15) is 0 Å². The largest absolute Gasteiger partial charge is 0.383 e. The summed E-state index contributed by atoms with van der Waals surface area (Å²) in [4.78, 5) is 13.7. The van der Waals surface area contributed by atoms with E-state index in [-0.39, 0.29) is 6.04 Å². The lowest BCUT2D eigenvalue weighted by molar-refractivity contribution is 0.679. The number of para-hydroxylation sites is 1. The highest BCUT2D eigenvalue weighted by atomic mass is 15.1. The third-order valence-electron chi connectivity index (χ3n) is 5.17. The maximum absolute atomic E-state index is 6.43. The Hall–Kier alpha value is -3.73. The number of pyridine rings is 1. The van der Waals surface area contributed by atoms with Gasteiger partial charge in [-0.2, -0.15) is 0 Å². The van der Waals surface area contributed by atoms with Crippen molar-refractivity contribution in [2.24, 2.45) is 0 Å². The molecule has 5 heteroatoms. The second-order valence-electron chi connectivity index (χ2n) is 6.85. The molecule has 28 heavy (non-hydrogen) atoms. The predicted octanol–water partition coefficient (Wildman–Crippen LogP) is 4.84. The first kappa shape index (κ1) is 16.4. The molecule has 0 radical (unpaired) electrons. The minimum Gasteiger partial charge on any atom is -0.383 e. The Labute approximate surface area is 162 Å². The zero-order valence-corrected chi connectivity index (χ0v) is 15.4. The lowest BCUT2D eigenvalue weighted by atomic mass is 10.1. The average molecular weight is 365 g/mol. The number of anilines is 1. The van der Waals surface area contributed by atoms with E-state index in [1.54, 1.807) is 12.4 Å². The number of nitrogen functional groups attached to an aromatic ring is 1. The summed E-state index contributed by atoms with van der Waals surface area (Å²) in [6, 6.07) is 22.6. The van der Waals surface area contributed by atoms with Crippen molar-refractivity contribution < 1.29 is 0 Å². The number of nitrogens with two attached hydrogens (primary N) is 1. The molecule has 1 atom stereocenters. The second-order valence-corrected chi connectivity index (χ2v) is 6.85. The summed E-state index contributed by atoms with van der Waals surface area (Å²) in [5.41, 5.74) is 10.4. The number of aromatic nitrogens is 4. The van der Waals surface area contributed by atoms with Gasteiger partial charge >= 0.3 is 0 Å². The standard InChI is InChI=1S/C23H19N5/c1-15(16-8-3-2-4-9-16)28-19-12-6-5-11-18(19)20-21(24)26-22(27-23(20)28)17-10-7-13-25-14-17/h2-15H,1H3,(H2,24,26,27)/t15-/m1/s1. The van der Waals surface area contributed by atoms with Gasteiger partial charge in [-0.1, -0.05) is 48.5 Å². The highest BCUT2D eigenvalue weighted by Gasteiger charge is 2.21. The van der Waals surface area contributed by atoms with Crippen molar-refractivity contribution in [1.29, 1.82) is 0 Å². The summed E-state index contributed by atoms with van der Waals surface area (Å²) in [6.07, 6.45) is 3.49. The van der Waals surface area contributed by atoms with Crippen molar-refractivity contribution in [2.45, 2.75) is 13.0 Å². The molecule has 5 nitrogen and oxygen atoms in total. The van der Waals surface area contributed by atoms with E-state index in [1.807, 2.05) is 30.3 Å². The molecular formula is C23H19N5. The van der Waals surface area contributed by atoms with Crippen molar-refractivity contribution in [3.8, 4) is 11.4 Å². The van der Waals surface area contributed by atoms with Gasteiger partial charge in [0, 0.05) is 23.3 Å². The first-order valence-electron chi connectivity index (χ1n) is 9.25. The van der Waals surface area contributed by atoms with E-state index in [0.717, 1.165) is 27.5 Å². The summed E-state index contributed by atoms with van der Waals surface area (Å²) in [5, 5.41) is 1.96. The van der Waals surface area contributed by atoms with Crippen LogP contribution < -0.4 is 5.73 Å². The van der Waals surface area contributed by atoms with Gasteiger partial charge in [-0.25, -0.2) is 9.97 Å². The van der Waals surface area contributed by atoms with E-state index in [4.69, 9.17) is 10.7 Å². The van der Waals surface area contributed by atoms with Gasteiger partial charge in [-0.15, -0.1) is 0 Å². The van der Waals surface area contributed by atoms with Crippen molar-refractivity contribution in [1.82, 2.24) is 19.5 Å². The van der Waals surface area contributed by atoms with Gasteiger partial charge in [0.1, 0.15) is 11.5 Å². The first-order valence-corrected chi connectivity index (χ1v) is 9.25. The summed E-state index contributed by atoms with van der Waals surface area (Å²) >= 11 is 0. The molecule has 0 aliphatic carbocycles. The minimum atomic E-state index is 0.0969. The fraction of sp³-hybridized carbons (Fsp3) is 0.0870. The highest BCUT2D eigenvalue weighted by Crippen LogP contribution is 2.36. The van der Waals surface area contributed by atoms with Crippen LogP contribution in [-0.4, -0.2) is 19.5 Å². The van der Waals surface area contributed by atoms with Crippen LogP contribution in [-0.2, 0) is 0 Å². The Bertz CT molecular complexity index is 1280. The van der Waals surface area contributed by atoms with Crippen molar-refractivity contribution in [2.75, 3.05) is 5.73 Å². The summed E-state index contributed by atoms with van der Waals surface area (Å²) in [6.45, 7) is 2.18. The van der Waals surface area contributed by atoms with Crippen LogP contribution in [0.1, 0.15) is 18.5 Å². The molecule has 0 saturated heterocycles. The fourth-order valence-electron chi connectivity index (χ4n) is 3.80. The van der Waals surface area contributed by atoms with Gasteiger partial charge in [-0.05, 0) is 30.7 Å². The van der Waals surface area contributed by atoms with Crippen LogP contribution in [0, 0.1) is 0 Å². The van der Waals surface area contributed by atoms with Crippen molar-refractivity contribution in [3.63, 3.8) is 0 Å². The minimum absolute atomic E-state index is 0.0969. The number of nitrogens with zero attached hydrogens (tertiary/aromatic N) is 4. The number of benzene rings is 2. The third-order valence-corrected chi connectivity index (χ3v) is 5.17. The molecule has 3 aromatic heterocycles. The Morgan fingerprint density at radius 2 is 1.68 bits per heavy atom. The summed E-state index contributed by atoms with van der Waals surface area (Å²) in [5.74, 6) is 1.07. The Morgan fingerprint density at radius 1 is 0.893 bits per heavy atom. The molecular weight excluding hydrogens is 346 g/mol. The molecule has 5 rings (SSSR count). The van der Waals surface area contributed by atoms with Crippen LogP contribution in [0.5, 0.6) is 0 Å². The average Bonchev–Trinajstić information content (AvgIpc) is 3.09. The predicted molar refractivity (Wildman–Crippen MR) is 113 cm³/mol. The number of fused-ring (bicyclic) bond motifs is 3. The maximum atomic E-state index is 6.43. The van der Waals surface area contributed by atoms with Gasteiger partial charge in [0.25, 0.3) is 0 Å². The smallest absolute Gasteiger partial charge is 0.165 e. The van der Waals surface area contributed by atoms with E-state index >= 15 is 0 Å². The SMILES string of the molecule is C[C@H](c1ccccc1)n1c2ccccc2c2c(N)nc(-c3cccnc3)nc21. The van der Waals surface area contributed by atoms with E-state index in [0.29, 0.717) is 11.6 Å². The number of rotatable bonds is 3. The van der Waals surface area contributed by atoms with Crippen molar-refractivity contribution in [3.05, 3.63) is 84.7 Å². The quantitative estimate of drug-likeness (QED) is 0.497.